The first-order chi connectivity index (χ1) is 9.73. The molecule has 0 bridgehead atoms. The third-order valence-corrected chi connectivity index (χ3v) is 3.66. The lowest BCUT2D eigenvalue weighted by Crippen LogP contribution is -2.41. The summed E-state index contributed by atoms with van der Waals surface area (Å²) in [5, 5.41) is 0. The molecular formula is C12H18BF5N2O2. The summed E-state index contributed by atoms with van der Waals surface area (Å²) in [5.41, 5.74) is 4.01. The Kier molecular flexibility index (Phi) is 4.98. The van der Waals surface area contributed by atoms with Crippen LogP contribution < -0.4 is 5.73 Å². The van der Waals surface area contributed by atoms with Crippen molar-refractivity contribution in [3.05, 3.63) is 11.7 Å². The molecule has 1 aliphatic rings. The fraction of sp³-hybridized carbons (Fsp3) is 0.750. The zero-order valence-electron chi connectivity index (χ0n) is 12.7. The van der Waals surface area contributed by atoms with Crippen LogP contribution in [0.15, 0.2) is 16.7 Å². The molecule has 126 valence electrons. The minimum atomic E-state index is -5.65. The second-order valence-electron chi connectivity index (χ2n) is 5.93. The number of hydrogen-bond acceptors (Lipinski definition) is 4. The zero-order chi connectivity index (χ0) is 17.4. The summed E-state index contributed by atoms with van der Waals surface area (Å²) in [4.78, 5) is 3.12. The van der Waals surface area contributed by atoms with E-state index in [0.717, 1.165) is 12.4 Å². The van der Waals surface area contributed by atoms with Gasteiger partial charge >= 0.3 is 19.2 Å². The van der Waals surface area contributed by atoms with Gasteiger partial charge in [-0.05, 0) is 33.9 Å². The Morgan fingerprint density at radius 2 is 1.55 bits per heavy atom. The van der Waals surface area contributed by atoms with Gasteiger partial charge in [-0.1, -0.05) is 0 Å². The average molecular weight is 328 g/mol. The monoisotopic (exact) mass is 328 g/mol. The summed E-state index contributed by atoms with van der Waals surface area (Å²) in [6.07, 6.45) is -3.85. The van der Waals surface area contributed by atoms with Crippen LogP contribution >= 0.6 is 0 Å². The second-order valence-corrected chi connectivity index (χ2v) is 5.93. The summed E-state index contributed by atoms with van der Waals surface area (Å²) in [6.45, 7) is 5.31. The molecule has 0 amide bonds. The first kappa shape index (κ1) is 18.9. The molecule has 4 nitrogen and oxygen atoms in total. The first-order valence-electron chi connectivity index (χ1n) is 6.45. The molecule has 1 aliphatic heterocycles. The Hall–Kier alpha value is -1.16. The lowest BCUT2D eigenvalue weighted by Gasteiger charge is -2.32. The van der Waals surface area contributed by atoms with Gasteiger partial charge in [-0.25, -0.2) is 0 Å². The Balaban J connectivity index is 2.79. The first-order valence-corrected chi connectivity index (χ1v) is 6.45. The number of rotatable bonds is 4. The van der Waals surface area contributed by atoms with Crippen molar-refractivity contribution in [2.45, 2.75) is 51.0 Å². The topological polar surface area (TPSA) is 56.8 Å². The molecule has 0 radical (unpaired) electrons. The maximum absolute atomic E-state index is 12.8. The molecular weight excluding hydrogens is 310 g/mol. The molecule has 22 heavy (non-hydrogen) atoms. The van der Waals surface area contributed by atoms with Crippen LogP contribution in [0.4, 0.5) is 22.0 Å². The number of allylic oxidation sites excluding steroid dienone is 1. The molecule has 0 aromatic rings. The van der Waals surface area contributed by atoms with Crippen LogP contribution in [-0.2, 0) is 9.31 Å². The van der Waals surface area contributed by atoms with Crippen molar-refractivity contribution in [1.29, 1.82) is 0 Å². The van der Waals surface area contributed by atoms with E-state index in [2.05, 4.69) is 4.99 Å². The summed E-state index contributed by atoms with van der Waals surface area (Å²) < 4.78 is 72.8. The molecule has 1 rings (SSSR count). The van der Waals surface area contributed by atoms with E-state index in [0.29, 0.717) is 0 Å². The summed E-state index contributed by atoms with van der Waals surface area (Å²) >= 11 is 0. The molecule has 1 saturated heterocycles. The van der Waals surface area contributed by atoms with Crippen LogP contribution in [0.25, 0.3) is 0 Å². The third-order valence-electron chi connectivity index (χ3n) is 3.66. The number of hydrogen-bond donors (Lipinski definition) is 1. The fourth-order valence-electron chi connectivity index (χ4n) is 1.52. The Morgan fingerprint density at radius 3 is 1.91 bits per heavy atom. The van der Waals surface area contributed by atoms with E-state index >= 15 is 0 Å². The quantitative estimate of drug-likeness (QED) is 0.490. The summed E-state index contributed by atoms with van der Waals surface area (Å²) in [6, 6.07) is 0. The van der Waals surface area contributed by atoms with E-state index in [1.165, 1.54) is 0 Å². The highest BCUT2D eigenvalue weighted by Crippen LogP contribution is 2.38. The smallest absolute Gasteiger partial charge is 0.405 e. The Labute approximate surface area is 125 Å². The van der Waals surface area contributed by atoms with E-state index in [4.69, 9.17) is 15.0 Å². The maximum Gasteiger partial charge on any atom is 0.497 e. The second kappa shape index (κ2) is 5.80. The van der Waals surface area contributed by atoms with Gasteiger partial charge in [0.15, 0.2) is 0 Å². The lowest BCUT2D eigenvalue weighted by molar-refractivity contribution is -0.276. The van der Waals surface area contributed by atoms with Crippen LogP contribution in [0.5, 0.6) is 0 Å². The van der Waals surface area contributed by atoms with Crippen molar-refractivity contribution >= 4 is 13.3 Å². The maximum atomic E-state index is 12.8. The van der Waals surface area contributed by atoms with Crippen molar-refractivity contribution in [3.8, 4) is 0 Å². The molecule has 0 aromatic carbocycles. The average Bonchev–Trinajstić information content (AvgIpc) is 2.52. The normalized spacial score (nSPS) is 22.6. The highest BCUT2D eigenvalue weighted by Gasteiger charge is 2.57. The van der Waals surface area contributed by atoms with Gasteiger partial charge in [0.2, 0.25) is 0 Å². The van der Waals surface area contributed by atoms with Crippen LogP contribution in [0.2, 0.25) is 0 Å². The van der Waals surface area contributed by atoms with Crippen molar-refractivity contribution in [3.63, 3.8) is 0 Å². The number of halogens is 5. The number of nitrogens with zero attached hydrogens (tertiary/aromatic N) is 1. The minimum Gasteiger partial charge on any atom is -0.405 e. The van der Waals surface area contributed by atoms with Gasteiger partial charge in [0, 0.05) is 11.7 Å². The summed E-state index contributed by atoms with van der Waals surface area (Å²) in [5.74, 6) is -4.90. The minimum absolute atomic E-state index is 0.0663. The zero-order valence-corrected chi connectivity index (χ0v) is 12.7. The molecule has 2 N–H and O–H groups in total. The Morgan fingerprint density at radius 1 is 1.09 bits per heavy atom. The predicted molar refractivity (Wildman–Crippen MR) is 72.7 cm³/mol. The lowest BCUT2D eigenvalue weighted by atomic mass is 9.79. The molecule has 0 aromatic heterocycles. The number of aliphatic imine (C=N–C) groups is 1. The van der Waals surface area contributed by atoms with Crippen LogP contribution in [-0.4, -0.2) is 43.2 Å². The highest BCUT2D eigenvalue weighted by atomic mass is 19.4. The van der Waals surface area contributed by atoms with Crippen LogP contribution in [0.3, 0.4) is 0 Å². The molecule has 0 atom stereocenters. The number of alkyl halides is 5. The standard InChI is InChI=1S/C12H18BF5N2O2/c1-9(2)10(3,4)22-13(21-9)8(5-19)6-20-7-11(14,15)12(16,17)18/h5-6H,7,19H2,1-4H3. The SMILES string of the molecule is CC1(C)OB(C(C=NCC(F)(F)C(F)(F)F)=CN)OC1(C)C. The van der Waals surface area contributed by atoms with E-state index in [-0.39, 0.29) is 5.47 Å². The van der Waals surface area contributed by atoms with Gasteiger partial charge in [-0.2, -0.15) is 22.0 Å². The molecule has 0 aliphatic carbocycles. The molecule has 1 heterocycles. The van der Waals surface area contributed by atoms with Gasteiger partial charge < -0.3 is 15.0 Å². The molecule has 0 spiro atoms. The largest absolute Gasteiger partial charge is 0.497 e. The van der Waals surface area contributed by atoms with Crippen molar-refractivity contribution < 1.29 is 31.3 Å². The van der Waals surface area contributed by atoms with Crippen LogP contribution in [0.1, 0.15) is 27.7 Å². The predicted octanol–water partition coefficient (Wildman–Crippen LogP) is 2.73. The Bertz CT molecular complexity index is 459. The van der Waals surface area contributed by atoms with E-state index in [1.54, 1.807) is 27.7 Å². The summed E-state index contributed by atoms with van der Waals surface area (Å²) in [7, 11) is -0.988. The van der Waals surface area contributed by atoms with Gasteiger partial charge in [0.1, 0.15) is 6.54 Å². The van der Waals surface area contributed by atoms with Gasteiger partial charge in [0.05, 0.1) is 11.2 Å². The van der Waals surface area contributed by atoms with Crippen molar-refractivity contribution in [2.75, 3.05) is 6.54 Å². The van der Waals surface area contributed by atoms with Gasteiger partial charge in [-0.3, -0.25) is 4.99 Å². The van der Waals surface area contributed by atoms with E-state index < -0.39 is 37.0 Å². The van der Waals surface area contributed by atoms with Crippen LogP contribution in [0, 0.1) is 0 Å². The van der Waals surface area contributed by atoms with Crippen molar-refractivity contribution in [2.24, 2.45) is 10.7 Å². The molecule has 1 fully saturated rings. The fourth-order valence-corrected chi connectivity index (χ4v) is 1.52. The number of nitrogens with two attached hydrogens (primary N) is 1. The van der Waals surface area contributed by atoms with E-state index in [9.17, 15) is 22.0 Å². The third kappa shape index (κ3) is 3.78. The highest BCUT2D eigenvalue weighted by molar-refractivity contribution is 6.60. The van der Waals surface area contributed by atoms with Crippen molar-refractivity contribution in [1.82, 2.24) is 0 Å². The molecule has 0 unspecified atom stereocenters. The van der Waals surface area contributed by atoms with E-state index in [1.807, 2.05) is 0 Å². The molecule has 10 heteroatoms. The van der Waals surface area contributed by atoms with Gasteiger partial charge in [-0.15, -0.1) is 0 Å². The molecule has 0 saturated carbocycles. The van der Waals surface area contributed by atoms with Gasteiger partial charge in [0.25, 0.3) is 0 Å².